The molecule has 0 saturated heterocycles. The smallest absolute Gasteiger partial charge is 0.319 e. The SMILES string of the molecule is CCCNC(=O)Nc1ccccc1Oc1ccccc1C. The van der Waals surface area contributed by atoms with Gasteiger partial charge in [0.25, 0.3) is 0 Å². The molecule has 4 nitrogen and oxygen atoms in total. The Morgan fingerprint density at radius 2 is 1.71 bits per heavy atom. The zero-order valence-corrected chi connectivity index (χ0v) is 12.3. The lowest BCUT2D eigenvalue weighted by atomic mass is 10.2. The lowest BCUT2D eigenvalue weighted by Gasteiger charge is -2.13. The van der Waals surface area contributed by atoms with Gasteiger partial charge >= 0.3 is 6.03 Å². The van der Waals surface area contributed by atoms with E-state index in [1.54, 1.807) is 0 Å². The molecule has 0 aliphatic rings. The normalized spacial score (nSPS) is 10.0. The molecule has 2 aromatic carbocycles. The Labute approximate surface area is 125 Å². The van der Waals surface area contributed by atoms with Crippen LogP contribution in [0, 0.1) is 6.92 Å². The van der Waals surface area contributed by atoms with Gasteiger partial charge in [-0.2, -0.15) is 0 Å². The Morgan fingerprint density at radius 1 is 1.05 bits per heavy atom. The van der Waals surface area contributed by atoms with Crippen molar-refractivity contribution >= 4 is 11.7 Å². The molecule has 0 radical (unpaired) electrons. The molecule has 0 unspecified atom stereocenters. The van der Waals surface area contributed by atoms with Crippen LogP contribution in [0.4, 0.5) is 10.5 Å². The fourth-order valence-electron chi connectivity index (χ4n) is 1.85. The Hall–Kier alpha value is -2.49. The highest BCUT2D eigenvalue weighted by Gasteiger charge is 2.08. The fourth-order valence-corrected chi connectivity index (χ4v) is 1.85. The van der Waals surface area contributed by atoms with E-state index >= 15 is 0 Å². The van der Waals surface area contributed by atoms with E-state index in [-0.39, 0.29) is 6.03 Å². The molecule has 0 aliphatic heterocycles. The molecule has 4 heteroatoms. The number of hydrogen-bond acceptors (Lipinski definition) is 2. The topological polar surface area (TPSA) is 50.4 Å². The van der Waals surface area contributed by atoms with Crippen molar-refractivity contribution in [1.82, 2.24) is 5.32 Å². The van der Waals surface area contributed by atoms with E-state index in [0.717, 1.165) is 17.7 Å². The van der Waals surface area contributed by atoms with Gasteiger partial charge in [0.05, 0.1) is 5.69 Å². The van der Waals surface area contributed by atoms with Crippen molar-refractivity contribution < 1.29 is 9.53 Å². The number of rotatable bonds is 5. The summed E-state index contributed by atoms with van der Waals surface area (Å²) in [5, 5.41) is 5.59. The summed E-state index contributed by atoms with van der Waals surface area (Å²) in [5.41, 5.74) is 1.69. The zero-order valence-electron chi connectivity index (χ0n) is 12.3. The predicted molar refractivity (Wildman–Crippen MR) is 85.0 cm³/mol. The van der Waals surface area contributed by atoms with Gasteiger partial charge in [0.2, 0.25) is 0 Å². The third-order valence-corrected chi connectivity index (χ3v) is 2.98. The number of benzene rings is 2. The quantitative estimate of drug-likeness (QED) is 0.859. The van der Waals surface area contributed by atoms with E-state index in [0.29, 0.717) is 18.0 Å². The number of carbonyl (C=O) groups excluding carboxylic acids is 1. The fraction of sp³-hybridized carbons (Fsp3) is 0.235. The molecule has 0 aromatic heterocycles. The molecule has 0 fully saturated rings. The van der Waals surface area contributed by atoms with E-state index in [9.17, 15) is 4.79 Å². The summed E-state index contributed by atoms with van der Waals surface area (Å²) in [6, 6.07) is 14.9. The molecule has 0 heterocycles. The predicted octanol–water partition coefficient (Wildman–Crippen LogP) is 4.32. The van der Waals surface area contributed by atoms with Crippen molar-refractivity contribution in [1.29, 1.82) is 0 Å². The Morgan fingerprint density at radius 3 is 2.43 bits per heavy atom. The molecule has 0 spiro atoms. The van der Waals surface area contributed by atoms with Crippen molar-refractivity contribution in [3.05, 3.63) is 54.1 Å². The minimum Gasteiger partial charge on any atom is -0.455 e. The number of aryl methyl sites for hydroxylation is 1. The number of nitrogens with one attached hydrogen (secondary N) is 2. The molecule has 21 heavy (non-hydrogen) atoms. The summed E-state index contributed by atoms with van der Waals surface area (Å²) < 4.78 is 5.90. The number of carbonyl (C=O) groups is 1. The first-order valence-electron chi connectivity index (χ1n) is 7.08. The van der Waals surface area contributed by atoms with Crippen LogP contribution in [0.3, 0.4) is 0 Å². The van der Waals surface area contributed by atoms with Crippen LogP contribution in [0.2, 0.25) is 0 Å². The van der Waals surface area contributed by atoms with Crippen LogP contribution in [0.1, 0.15) is 18.9 Å². The maximum Gasteiger partial charge on any atom is 0.319 e. The second kappa shape index (κ2) is 7.33. The van der Waals surface area contributed by atoms with Crippen LogP contribution in [-0.2, 0) is 0 Å². The third kappa shape index (κ3) is 4.24. The van der Waals surface area contributed by atoms with Gasteiger partial charge in [-0.05, 0) is 37.1 Å². The highest BCUT2D eigenvalue weighted by Crippen LogP contribution is 2.30. The molecular weight excluding hydrogens is 264 g/mol. The van der Waals surface area contributed by atoms with Crippen LogP contribution >= 0.6 is 0 Å². The first-order chi connectivity index (χ1) is 10.2. The van der Waals surface area contributed by atoms with Crippen molar-refractivity contribution in [2.75, 3.05) is 11.9 Å². The second-order valence-corrected chi connectivity index (χ2v) is 4.74. The van der Waals surface area contributed by atoms with Crippen LogP contribution in [0.5, 0.6) is 11.5 Å². The van der Waals surface area contributed by atoms with Gasteiger partial charge in [-0.15, -0.1) is 0 Å². The standard InChI is InChI=1S/C17H20N2O2/c1-3-12-18-17(20)19-14-9-5-7-11-16(14)21-15-10-6-4-8-13(15)2/h4-11H,3,12H2,1-2H3,(H2,18,19,20). The van der Waals surface area contributed by atoms with Crippen LogP contribution in [-0.4, -0.2) is 12.6 Å². The zero-order chi connectivity index (χ0) is 15.1. The molecule has 0 saturated carbocycles. The van der Waals surface area contributed by atoms with Crippen molar-refractivity contribution in [3.8, 4) is 11.5 Å². The first kappa shape index (κ1) is 14.9. The van der Waals surface area contributed by atoms with Crippen LogP contribution in [0.15, 0.2) is 48.5 Å². The van der Waals surface area contributed by atoms with E-state index in [4.69, 9.17) is 4.74 Å². The number of urea groups is 1. The average molecular weight is 284 g/mol. The van der Waals surface area contributed by atoms with E-state index in [1.165, 1.54) is 0 Å². The third-order valence-electron chi connectivity index (χ3n) is 2.98. The molecule has 2 rings (SSSR count). The summed E-state index contributed by atoms with van der Waals surface area (Å²) >= 11 is 0. The van der Waals surface area contributed by atoms with Crippen LogP contribution < -0.4 is 15.4 Å². The lowest BCUT2D eigenvalue weighted by Crippen LogP contribution is -2.29. The second-order valence-electron chi connectivity index (χ2n) is 4.74. The number of para-hydroxylation sites is 3. The van der Waals surface area contributed by atoms with Gasteiger partial charge in [0.1, 0.15) is 5.75 Å². The maximum absolute atomic E-state index is 11.8. The molecule has 110 valence electrons. The van der Waals surface area contributed by atoms with Crippen molar-refractivity contribution in [2.45, 2.75) is 20.3 Å². The monoisotopic (exact) mass is 284 g/mol. The van der Waals surface area contributed by atoms with Crippen molar-refractivity contribution in [3.63, 3.8) is 0 Å². The van der Waals surface area contributed by atoms with E-state index in [2.05, 4.69) is 10.6 Å². The van der Waals surface area contributed by atoms with Gasteiger partial charge < -0.3 is 15.4 Å². The summed E-state index contributed by atoms with van der Waals surface area (Å²) in [7, 11) is 0. The van der Waals surface area contributed by atoms with Gasteiger partial charge in [-0.1, -0.05) is 37.3 Å². The van der Waals surface area contributed by atoms with Gasteiger partial charge in [0.15, 0.2) is 5.75 Å². The van der Waals surface area contributed by atoms with Gasteiger partial charge in [-0.25, -0.2) is 4.79 Å². The van der Waals surface area contributed by atoms with Crippen LogP contribution in [0.25, 0.3) is 0 Å². The molecular formula is C17H20N2O2. The number of hydrogen-bond donors (Lipinski definition) is 2. The highest BCUT2D eigenvalue weighted by atomic mass is 16.5. The van der Waals surface area contributed by atoms with Gasteiger partial charge in [0, 0.05) is 6.54 Å². The van der Waals surface area contributed by atoms with E-state index in [1.807, 2.05) is 62.4 Å². The Bertz CT molecular complexity index is 611. The highest BCUT2D eigenvalue weighted by molar-refractivity contribution is 5.90. The largest absolute Gasteiger partial charge is 0.455 e. The van der Waals surface area contributed by atoms with E-state index < -0.39 is 0 Å². The summed E-state index contributed by atoms with van der Waals surface area (Å²) in [6.07, 6.45) is 0.898. The Kier molecular flexibility index (Phi) is 5.21. The maximum atomic E-state index is 11.8. The average Bonchev–Trinajstić information content (AvgIpc) is 2.49. The number of amides is 2. The first-order valence-corrected chi connectivity index (χ1v) is 7.08. The molecule has 2 N–H and O–H groups in total. The summed E-state index contributed by atoms with van der Waals surface area (Å²) in [5.74, 6) is 1.40. The molecule has 0 atom stereocenters. The Balaban J connectivity index is 2.13. The van der Waals surface area contributed by atoms with Crippen molar-refractivity contribution in [2.24, 2.45) is 0 Å². The molecule has 2 amide bonds. The molecule has 2 aromatic rings. The molecule has 0 bridgehead atoms. The van der Waals surface area contributed by atoms with Gasteiger partial charge in [-0.3, -0.25) is 0 Å². The minimum atomic E-state index is -0.224. The number of anilines is 1. The lowest BCUT2D eigenvalue weighted by molar-refractivity contribution is 0.252. The minimum absolute atomic E-state index is 0.224. The summed E-state index contributed by atoms with van der Waals surface area (Å²) in [6.45, 7) is 4.64. The number of ether oxygens (including phenoxy) is 1. The molecule has 0 aliphatic carbocycles. The summed E-state index contributed by atoms with van der Waals surface area (Å²) in [4.78, 5) is 11.8.